The second-order valence-corrected chi connectivity index (χ2v) is 20.0. The van der Waals surface area contributed by atoms with Crippen LogP contribution < -0.4 is 10.5 Å². The van der Waals surface area contributed by atoms with Crippen LogP contribution in [0.1, 0.15) is 27.7 Å². The van der Waals surface area contributed by atoms with Gasteiger partial charge in [0.25, 0.3) is 5.56 Å². The first-order valence-corrected chi connectivity index (χ1v) is 19.2. The molecule has 44 heavy (non-hydrogen) atoms. The van der Waals surface area contributed by atoms with Gasteiger partial charge in [0, 0.05) is 83.4 Å². The van der Waals surface area contributed by atoms with Gasteiger partial charge in [-0.3, -0.25) is 14.0 Å². The van der Waals surface area contributed by atoms with Gasteiger partial charge in [0.05, 0.1) is 15.9 Å². The van der Waals surface area contributed by atoms with Gasteiger partial charge in [0.1, 0.15) is 12.3 Å². The lowest BCUT2D eigenvalue weighted by molar-refractivity contribution is 0.0217. The van der Waals surface area contributed by atoms with Gasteiger partial charge < -0.3 is 23.8 Å². The number of carbonyl (C=O) groups is 1. The molecule has 0 N–H and O–H groups in total. The van der Waals surface area contributed by atoms with Crippen LogP contribution in [-0.2, 0) is 30.3 Å². The van der Waals surface area contributed by atoms with E-state index in [-0.39, 0.29) is 24.4 Å². The largest absolute Gasteiger partial charge is 0.444 e. The maximum Gasteiger partial charge on any atom is 0.410 e. The van der Waals surface area contributed by atoms with Gasteiger partial charge in [0.2, 0.25) is 5.95 Å². The number of rotatable bonds is 7. The van der Waals surface area contributed by atoms with Crippen LogP contribution in [0, 0.1) is 0 Å². The molecule has 0 spiro atoms. The van der Waals surface area contributed by atoms with Gasteiger partial charge in [-0.2, -0.15) is 10.1 Å². The third-order valence-electron chi connectivity index (χ3n) is 7.87. The van der Waals surface area contributed by atoms with Crippen molar-refractivity contribution in [2.45, 2.75) is 71.8 Å². The molecule has 4 heterocycles. The number of benzene rings is 1. The molecule has 0 saturated carbocycles. The number of hydrogen-bond donors (Lipinski definition) is 0. The Morgan fingerprint density at radius 3 is 2.50 bits per heavy atom. The number of amides is 1. The molecular weight excluding hydrogens is 598 g/mol. The summed E-state index contributed by atoms with van der Waals surface area (Å²) >= 11 is 6.95. The summed E-state index contributed by atoms with van der Waals surface area (Å²) < 4.78 is 17.0. The van der Waals surface area contributed by atoms with Gasteiger partial charge in [-0.25, -0.2) is 4.79 Å². The lowest BCUT2D eigenvalue weighted by Gasteiger charge is -2.41. The zero-order valence-electron chi connectivity index (χ0n) is 27.3. The van der Waals surface area contributed by atoms with Crippen LogP contribution in [0.4, 0.5) is 10.7 Å². The van der Waals surface area contributed by atoms with E-state index in [1.54, 1.807) is 21.2 Å². The van der Waals surface area contributed by atoms with E-state index in [4.69, 9.17) is 26.1 Å². The summed E-state index contributed by atoms with van der Waals surface area (Å²) in [5.74, 6) is 0.542. The quantitative estimate of drug-likeness (QED) is 0.189. The van der Waals surface area contributed by atoms with Crippen molar-refractivity contribution in [1.82, 2.24) is 28.8 Å². The molecule has 1 aliphatic heterocycles. The number of piperazine rings is 1. The van der Waals surface area contributed by atoms with Crippen LogP contribution in [-0.4, -0.2) is 80.8 Å². The van der Waals surface area contributed by atoms with Crippen molar-refractivity contribution < 1.29 is 14.3 Å². The highest BCUT2D eigenvalue weighted by Crippen LogP contribution is 2.38. The number of anilines is 1. The predicted molar refractivity (Wildman–Crippen MR) is 178 cm³/mol. The fourth-order valence-electron chi connectivity index (χ4n) is 5.54. The van der Waals surface area contributed by atoms with Crippen LogP contribution in [0.2, 0.25) is 30.7 Å². The Bertz CT molecular complexity index is 1770. The fraction of sp³-hybridized carbons (Fsp3) is 0.548. The van der Waals surface area contributed by atoms with Crippen molar-refractivity contribution in [3.63, 3.8) is 0 Å². The van der Waals surface area contributed by atoms with E-state index in [2.05, 4.69) is 29.6 Å². The van der Waals surface area contributed by atoms with Crippen LogP contribution in [0.15, 0.2) is 29.3 Å². The first-order valence-electron chi connectivity index (χ1n) is 15.1. The standard InChI is InChI=1S/C31H44ClN7O4Si/c1-20-16-37(30(41)43-31(2,3)4)12-13-39(20)29-33-27-25(28(40)36(29)6)22(18-38(27)19-42-14-15-44(7,8)9)21-10-11-24-23(26(21)32)17-35(5)34-24/h10-11,17-18,20H,12-16,19H2,1-9H3/t20-/m0/s1. The number of nitrogens with zero attached hydrogens (tertiary/aromatic N) is 7. The van der Waals surface area contributed by atoms with Crippen molar-refractivity contribution in [3.8, 4) is 11.1 Å². The van der Waals surface area contributed by atoms with Gasteiger partial charge >= 0.3 is 6.09 Å². The monoisotopic (exact) mass is 641 g/mol. The summed E-state index contributed by atoms with van der Waals surface area (Å²) in [6, 6.07) is 4.77. The summed E-state index contributed by atoms with van der Waals surface area (Å²) in [7, 11) is 2.32. The number of hydrogen-bond acceptors (Lipinski definition) is 7. The molecule has 238 valence electrons. The van der Waals surface area contributed by atoms with Crippen molar-refractivity contribution >= 4 is 53.7 Å². The lowest BCUT2D eigenvalue weighted by Crippen LogP contribution is -2.55. The molecule has 4 aromatic rings. The van der Waals surface area contributed by atoms with Crippen LogP contribution in [0.3, 0.4) is 0 Å². The predicted octanol–water partition coefficient (Wildman–Crippen LogP) is 5.70. The molecule has 1 aliphatic rings. The van der Waals surface area contributed by atoms with Crippen LogP contribution >= 0.6 is 11.6 Å². The van der Waals surface area contributed by atoms with E-state index >= 15 is 0 Å². The minimum Gasteiger partial charge on any atom is -0.444 e. The van der Waals surface area contributed by atoms with Gasteiger partial charge in [-0.1, -0.05) is 37.3 Å². The third-order valence-corrected chi connectivity index (χ3v) is 9.98. The number of aromatic nitrogens is 5. The van der Waals surface area contributed by atoms with Gasteiger partial charge in [-0.15, -0.1) is 0 Å². The Hall–Kier alpha value is -3.35. The number of halogens is 1. The molecule has 0 radical (unpaired) electrons. The van der Waals surface area contributed by atoms with E-state index < -0.39 is 13.7 Å². The minimum atomic E-state index is -1.28. The summed E-state index contributed by atoms with van der Waals surface area (Å²) in [6.07, 6.45) is 3.47. The first kappa shape index (κ1) is 32.1. The normalized spacial score (nSPS) is 16.4. The van der Waals surface area contributed by atoms with Crippen LogP contribution in [0.5, 0.6) is 0 Å². The molecule has 1 aromatic carbocycles. The molecule has 1 saturated heterocycles. The van der Waals surface area contributed by atoms with Crippen molar-refractivity contribution in [2.24, 2.45) is 14.1 Å². The molecule has 3 aromatic heterocycles. The van der Waals surface area contributed by atoms with E-state index in [0.717, 1.165) is 22.5 Å². The maximum absolute atomic E-state index is 14.2. The van der Waals surface area contributed by atoms with E-state index in [1.165, 1.54) is 0 Å². The summed E-state index contributed by atoms with van der Waals surface area (Å²) in [4.78, 5) is 35.8. The minimum absolute atomic E-state index is 0.0925. The topological polar surface area (TPSA) is 99.7 Å². The Balaban J connectivity index is 1.56. The second-order valence-electron chi connectivity index (χ2n) is 14.0. The number of ether oxygens (including phenoxy) is 2. The lowest BCUT2D eigenvalue weighted by atomic mass is 10.0. The average molecular weight is 642 g/mol. The molecule has 0 unspecified atom stereocenters. The van der Waals surface area contributed by atoms with E-state index in [9.17, 15) is 9.59 Å². The Morgan fingerprint density at radius 1 is 1.11 bits per heavy atom. The molecule has 13 heteroatoms. The van der Waals surface area contributed by atoms with E-state index in [0.29, 0.717) is 53.8 Å². The number of fused-ring (bicyclic) bond motifs is 2. The Kier molecular flexibility index (Phi) is 8.64. The summed E-state index contributed by atoms with van der Waals surface area (Å²) in [6.45, 7) is 16.9. The molecule has 1 amide bonds. The summed E-state index contributed by atoms with van der Waals surface area (Å²) in [5, 5.41) is 6.31. The van der Waals surface area contributed by atoms with E-state index in [1.807, 2.05) is 63.8 Å². The van der Waals surface area contributed by atoms with Gasteiger partial charge in [-0.05, 0) is 39.8 Å². The zero-order valence-corrected chi connectivity index (χ0v) is 29.0. The molecule has 1 fully saturated rings. The Labute approximate surface area is 264 Å². The maximum atomic E-state index is 14.2. The van der Waals surface area contributed by atoms with Crippen molar-refractivity contribution in [3.05, 3.63) is 39.9 Å². The summed E-state index contributed by atoms with van der Waals surface area (Å²) in [5.41, 5.74) is 2.02. The molecular formula is C31H44ClN7O4Si. The average Bonchev–Trinajstić information content (AvgIpc) is 3.48. The molecule has 1 atom stereocenters. The number of carbonyl (C=O) groups excluding carboxylic acids is 1. The molecule has 5 rings (SSSR count). The third kappa shape index (κ3) is 6.52. The van der Waals surface area contributed by atoms with Gasteiger partial charge in [0.15, 0.2) is 5.65 Å². The SMILES string of the molecule is C[C@H]1CN(C(=O)OC(C)(C)C)CCN1c1nc2c(c(-c3ccc4nn(C)cc4c3Cl)cn2COCC[Si](C)(C)C)c(=O)n1C. The smallest absolute Gasteiger partial charge is 0.410 e. The highest BCUT2D eigenvalue weighted by molar-refractivity contribution is 6.76. The molecule has 0 bridgehead atoms. The zero-order chi connectivity index (χ0) is 32.1. The number of aryl methyl sites for hydroxylation is 1. The molecule has 0 aliphatic carbocycles. The van der Waals surface area contributed by atoms with Crippen molar-refractivity contribution in [2.75, 3.05) is 31.1 Å². The fourth-order valence-corrected chi connectivity index (χ4v) is 6.61. The Morgan fingerprint density at radius 2 is 1.84 bits per heavy atom. The highest BCUT2D eigenvalue weighted by Gasteiger charge is 2.32. The molecule has 11 nitrogen and oxygen atoms in total. The van der Waals surface area contributed by atoms with Crippen molar-refractivity contribution in [1.29, 1.82) is 0 Å². The second kappa shape index (κ2) is 11.9. The van der Waals surface area contributed by atoms with Crippen LogP contribution in [0.25, 0.3) is 33.1 Å². The first-order chi connectivity index (χ1) is 20.5. The highest BCUT2D eigenvalue weighted by atomic mass is 35.5.